The van der Waals surface area contributed by atoms with Crippen LogP contribution < -0.4 is 15.4 Å². The van der Waals surface area contributed by atoms with Crippen LogP contribution in [0.5, 0.6) is 5.75 Å². The average Bonchev–Trinajstić information content (AvgIpc) is 3.10. The molecule has 3 rings (SSSR count). The Labute approximate surface area is 140 Å². The number of rotatable bonds is 5. The molecule has 0 unspecified atom stereocenters. The molecule has 24 heavy (non-hydrogen) atoms. The molecule has 0 atom stereocenters. The molecule has 2 amide bonds. The Hall–Kier alpha value is -2.57. The summed E-state index contributed by atoms with van der Waals surface area (Å²) in [6.45, 7) is 0.204. The van der Waals surface area contributed by atoms with Crippen molar-refractivity contribution in [3.63, 3.8) is 0 Å². The summed E-state index contributed by atoms with van der Waals surface area (Å²) < 4.78 is 10.4. The van der Waals surface area contributed by atoms with Crippen molar-refractivity contribution in [3.8, 4) is 17.1 Å². The van der Waals surface area contributed by atoms with Gasteiger partial charge in [-0.3, -0.25) is 0 Å². The van der Waals surface area contributed by atoms with Crippen molar-refractivity contribution in [2.75, 3.05) is 7.11 Å². The van der Waals surface area contributed by atoms with Gasteiger partial charge in [0.15, 0.2) is 0 Å². The van der Waals surface area contributed by atoms with Crippen LogP contribution in [0.1, 0.15) is 38.0 Å². The van der Waals surface area contributed by atoms with Crippen LogP contribution in [-0.4, -0.2) is 29.3 Å². The van der Waals surface area contributed by atoms with Crippen LogP contribution in [0.15, 0.2) is 28.8 Å². The number of nitrogens with one attached hydrogen (secondary N) is 2. The van der Waals surface area contributed by atoms with E-state index in [1.54, 1.807) is 7.11 Å². The summed E-state index contributed by atoms with van der Waals surface area (Å²) in [7, 11) is 1.61. The van der Waals surface area contributed by atoms with Gasteiger partial charge in [-0.1, -0.05) is 36.6 Å². The SMILES string of the molecule is COc1cccc(-c2noc(CNC(=O)NC3CCCCC3)n2)c1. The number of amides is 2. The van der Waals surface area contributed by atoms with Gasteiger partial charge in [-0.05, 0) is 25.0 Å². The zero-order chi connectivity index (χ0) is 16.8. The van der Waals surface area contributed by atoms with Crippen molar-refractivity contribution >= 4 is 6.03 Å². The molecule has 0 bridgehead atoms. The quantitative estimate of drug-likeness (QED) is 0.880. The van der Waals surface area contributed by atoms with E-state index >= 15 is 0 Å². The van der Waals surface area contributed by atoms with Crippen LogP contribution >= 0.6 is 0 Å². The molecular weight excluding hydrogens is 308 g/mol. The normalized spacial score (nSPS) is 15.0. The van der Waals surface area contributed by atoms with Gasteiger partial charge in [0.2, 0.25) is 11.7 Å². The van der Waals surface area contributed by atoms with Crippen LogP contribution in [0.4, 0.5) is 4.79 Å². The number of hydrogen-bond donors (Lipinski definition) is 2. The van der Waals surface area contributed by atoms with Crippen molar-refractivity contribution in [2.45, 2.75) is 44.7 Å². The van der Waals surface area contributed by atoms with Crippen LogP contribution in [-0.2, 0) is 6.54 Å². The fourth-order valence-corrected chi connectivity index (χ4v) is 2.85. The van der Waals surface area contributed by atoms with Gasteiger partial charge in [-0.15, -0.1) is 0 Å². The van der Waals surface area contributed by atoms with Crippen LogP contribution in [0.3, 0.4) is 0 Å². The van der Waals surface area contributed by atoms with E-state index in [2.05, 4.69) is 20.8 Å². The maximum atomic E-state index is 11.9. The molecule has 0 radical (unpaired) electrons. The van der Waals surface area contributed by atoms with Gasteiger partial charge in [0, 0.05) is 11.6 Å². The zero-order valence-corrected chi connectivity index (χ0v) is 13.7. The molecule has 0 saturated heterocycles. The molecule has 1 aliphatic carbocycles. The molecule has 1 fully saturated rings. The summed E-state index contributed by atoms with van der Waals surface area (Å²) >= 11 is 0. The Balaban J connectivity index is 1.53. The van der Waals surface area contributed by atoms with Gasteiger partial charge in [0.05, 0.1) is 13.7 Å². The number of ether oxygens (including phenoxy) is 1. The molecule has 7 nitrogen and oxygen atoms in total. The molecule has 0 aliphatic heterocycles. The molecule has 1 aromatic carbocycles. The second-order valence-corrected chi connectivity index (χ2v) is 5.91. The van der Waals surface area contributed by atoms with E-state index in [0.717, 1.165) is 24.2 Å². The number of hydrogen-bond acceptors (Lipinski definition) is 5. The molecule has 1 heterocycles. The third-order valence-electron chi connectivity index (χ3n) is 4.14. The predicted octanol–water partition coefficient (Wildman–Crippen LogP) is 2.88. The number of carbonyl (C=O) groups is 1. The van der Waals surface area contributed by atoms with Crippen LogP contribution in [0.2, 0.25) is 0 Å². The van der Waals surface area contributed by atoms with E-state index < -0.39 is 0 Å². The number of carbonyl (C=O) groups excluding carboxylic acids is 1. The summed E-state index contributed by atoms with van der Waals surface area (Å²) in [5.41, 5.74) is 0.802. The van der Waals surface area contributed by atoms with E-state index in [1.165, 1.54) is 19.3 Å². The Morgan fingerprint density at radius 2 is 2.17 bits per heavy atom. The number of aromatic nitrogens is 2. The fraction of sp³-hybridized carbons (Fsp3) is 0.471. The van der Waals surface area contributed by atoms with Gasteiger partial charge in [-0.25, -0.2) is 4.79 Å². The van der Waals surface area contributed by atoms with Crippen molar-refractivity contribution < 1.29 is 14.1 Å². The summed E-state index contributed by atoms with van der Waals surface area (Å²) in [6.07, 6.45) is 5.72. The number of urea groups is 1. The average molecular weight is 330 g/mol. The Morgan fingerprint density at radius 3 is 2.96 bits per heavy atom. The first-order valence-corrected chi connectivity index (χ1v) is 8.26. The van der Waals surface area contributed by atoms with Gasteiger partial charge < -0.3 is 19.9 Å². The summed E-state index contributed by atoms with van der Waals surface area (Å²) in [5.74, 6) is 1.56. The van der Waals surface area contributed by atoms with Crippen molar-refractivity contribution in [1.29, 1.82) is 0 Å². The fourth-order valence-electron chi connectivity index (χ4n) is 2.85. The van der Waals surface area contributed by atoms with Crippen LogP contribution in [0, 0.1) is 0 Å². The Bertz CT molecular complexity index is 680. The maximum absolute atomic E-state index is 11.9. The summed E-state index contributed by atoms with van der Waals surface area (Å²) in [4.78, 5) is 16.2. The summed E-state index contributed by atoms with van der Waals surface area (Å²) in [5, 5.41) is 9.69. The zero-order valence-electron chi connectivity index (χ0n) is 13.7. The van der Waals surface area contributed by atoms with E-state index in [4.69, 9.17) is 9.26 Å². The van der Waals surface area contributed by atoms with Gasteiger partial charge in [0.1, 0.15) is 5.75 Å². The number of methoxy groups -OCH3 is 1. The second-order valence-electron chi connectivity index (χ2n) is 5.91. The first-order valence-electron chi connectivity index (χ1n) is 8.26. The lowest BCUT2D eigenvalue weighted by Crippen LogP contribution is -2.42. The Morgan fingerprint density at radius 1 is 1.33 bits per heavy atom. The van der Waals surface area contributed by atoms with E-state index in [9.17, 15) is 4.79 Å². The topological polar surface area (TPSA) is 89.3 Å². The van der Waals surface area contributed by atoms with Gasteiger partial charge in [-0.2, -0.15) is 4.98 Å². The van der Waals surface area contributed by atoms with E-state index in [1.807, 2.05) is 24.3 Å². The highest BCUT2D eigenvalue weighted by Crippen LogP contribution is 2.21. The molecule has 1 aliphatic rings. The van der Waals surface area contributed by atoms with Crippen molar-refractivity contribution in [1.82, 2.24) is 20.8 Å². The highest BCUT2D eigenvalue weighted by molar-refractivity contribution is 5.74. The molecule has 1 saturated carbocycles. The lowest BCUT2D eigenvalue weighted by Gasteiger charge is -2.22. The molecule has 2 aromatic rings. The van der Waals surface area contributed by atoms with E-state index in [0.29, 0.717) is 11.7 Å². The van der Waals surface area contributed by atoms with E-state index in [-0.39, 0.29) is 18.6 Å². The largest absolute Gasteiger partial charge is 0.497 e. The molecule has 7 heteroatoms. The van der Waals surface area contributed by atoms with Crippen molar-refractivity contribution in [3.05, 3.63) is 30.2 Å². The first kappa shape index (κ1) is 16.3. The minimum Gasteiger partial charge on any atom is -0.497 e. The monoisotopic (exact) mass is 330 g/mol. The number of benzene rings is 1. The minimum atomic E-state index is -0.192. The lowest BCUT2D eigenvalue weighted by molar-refractivity contribution is 0.230. The summed E-state index contributed by atoms with van der Waals surface area (Å²) in [6, 6.07) is 7.50. The smallest absolute Gasteiger partial charge is 0.315 e. The standard InChI is InChI=1S/C17H22N4O3/c1-23-14-9-5-6-12(10-14)16-20-15(24-21-16)11-18-17(22)19-13-7-3-2-4-8-13/h5-6,9-10,13H,2-4,7-8,11H2,1H3,(H2,18,19,22). The molecule has 1 aromatic heterocycles. The van der Waals surface area contributed by atoms with Crippen LogP contribution in [0.25, 0.3) is 11.4 Å². The predicted molar refractivity (Wildman–Crippen MR) is 88.5 cm³/mol. The van der Waals surface area contributed by atoms with Gasteiger partial charge >= 0.3 is 6.03 Å². The first-order chi connectivity index (χ1) is 11.7. The third kappa shape index (κ3) is 4.24. The highest BCUT2D eigenvalue weighted by Gasteiger charge is 2.16. The third-order valence-corrected chi connectivity index (χ3v) is 4.14. The molecular formula is C17H22N4O3. The van der Waals surface area contributed by atoms with Crippen molar-refractivity contribution in [2.24, 2.45) is 0 Å². The highest BCUT2D eigenvalue weighted by atomic mass is 16.5. The number of nitrogens with zero attached hydrogens (tertiary/aromatic N) is 2. The molecule has 0 spiro atoms. The maximum Gasteiger partial charge on any atom is 0.315 e. The molecule has 2 N–H and O–H groups in total. The molecule has 128 valence electrons. The second kappa shape index (κ2) is 7.81. The lowest BCUT2D eigenvalue weighted by atomic mass is 9.96. The minimum absolute atomic E-state index is 0.192. The van der Waals surface area contributed by atoms with Gasteiger partial charge in [0.25, 0.3) is 0 Å². The Kier molecular flexibility index (Phi) is 5.30.